The van der Waals surface area contributed by atoms with Gasteiger partial charge in [-0.15, -0.1) is 0 Å². The SMILES string of the molecule is COCCCNS(=O)(=O)c1cn(C2CCCC2)nc1-c1ccccc1. The zero-order valence-corrected chi connectivity index (χ0v) is 15.3. The van der Waals surface area contributed by atoms with Crippen LogP contribution in [-0.2, 0) is 14.8 Å². The predicted octanol–water partition coefficient (Wildman–Crippen LogP) is 2.98. The summed E-state index contributed by atoms with van der Waals surface area (Å²) in [5.74, 6) is 0. The van der Waals surface area contributed by atoms with Gasteiger partial charge in [0.05, 0.1) is 6.04 Å². The predicted molar refractivity (Wildman–Crippen MR) is 96.8 cm³/mol. The van der Waals surface area contributed by atoms with E-state index >= 15 is 0 Å². The third-order valence-corrected chi connectivity index (χ3v) is 6.01. The largest absolute Gasteiger partial charge is 0.385 e. The molecular formula is C18H25N3O3S. The maximum Gasteiger partial charge on any atom is 0.244 e. The Balaban J connectivity index is 1.93. The fourth-order valence-electron chi connectivity index (χ4n) is 3.22. The first kappa shape index (κ1) is 18.1. The monoisotopic (exact) mass is 363 g/mol. The van der Waals surface area contributed by atoms with E-state index in [0.29, 0.717) is 31.3 Å². The van der Waals surface area contributed by atoms with E-state index in [9.17, 15) is 8.42 Å². The van der Waals surface area contributed by atoms with E-state index in [0.717, 1.165) is 18.4 Å². The molecule has 0 spiro atoms. The van der Waals surface area contributed by atoms with E-state index in [1.165, 1.54) is 12.8 Å². The molecule has 0 saturated heterocycles. The number of hydrogen-bond donors (Lipinski definition) is 1. The van der Waals surface area contributed by atoms with Crippen molar-refractivity contribution in [3.05, 3.63) is 36.5 Å². The van der Waals surface area contributed by atoms with Crippen molar-refractivity contribution in [2.75, 3.05) is 20.3 Å². The number of rotatable bonds is 8. The summed E-state index contributed by atoms with van der Waals surface area (Å²) in [6.07, 6.45) is 6.77. The van der Waals surface area contributed by atoms with Crippen molar-refractivity contribution in [2.45, 2.75) is 43.0 Å². The topological polar surface area (TPSA) is 73.2 Å². The second-order valence-electron chi connectivity index (χ2n) is 6.37. The highest BCUT2D eigenvalue weighted by Gasteiger charge is 2.26. The van der Waals surface area contributed by atoms with E-state index in [1.54, 1.807) is 13.3 Å². The lowest BCUT2D eigenvalue weighted by molar-refractivity contribution is 0.196. The molecule has 0 bridgehead atoms. The highest BCUT2D eigenvalue weighted by Crippen LogP contribution is 2.33. The number of aromatic nitrogens is 2. The van der Waals surface area contributed by atoms with Crippen molar-refractivity contribution >= 4 is 10.0 Å². The number of hydrogen-bond acceptors (Lipinski definition) is 4. The molecule has 6 nitrogen and oxygen atoms in total. The summed E-state index contributed by atoms with van der Waals surface area (Å²) in [4.78, 5) is 0.253. The van der Waals surface area contributed by atoms with Crippen LogP contribution in [0.3, 0.4) is 0 Å². The van der Waals surface area contributed by atoms with Crippen molar-refractivity contribution < 1.29 is 13.2 Å². The Morgan fingerprint density at radius 1 is 1.24 bits per heavy atom. The van der Waals surface area contributed by atoms with Crippen LogP contribution in [0, 0.1) is 0 Å². The molecule has 1 aromatic heterocycles. The average molecular weight is 363 g/mol. The van der Waals surface area contributed by atoms with Gasteiger partial charge in [0.15, 0.2) is 0 Å². The van der Waals surface area contributed by atoms with Gasteiger partial charge in [0, 0.05) is 32.0 Å². The molecule has 1 N–H and O–H groups in total. The normalized spacial score (nSPS) is 15.7. The standard InChI is InChI=1S/C18H25N3O3S/c1-24-13-7-12-19-25(22,23)17-14-21(16-10-5-6-11-16)20-18(17)15-8-3-2-4-9-15/h2-4,8-9,14,16,19H,5-7,10-13H2,1H3. The molecule has 1 aromatic carbocycles. The maximum absolute atomic E-state index is 12.8. The Morgan fingerprint density at radius 3 is 2.64 bits per heavy atom. The quantitative estimate of drug-likeness (QED) is 0.732. The number of sulfonamides is 1. The van der Waals surface area contributed by atoms with Gasteiger partial charge in [-0.25, -0.2) is 13.1 Å². The third-order valence-electron chi connectivity index (χ3n) is 4.55. The fourth-order valence-corrected chi connectivity index (χ4v) is 4.45. The van der Waals surface area contributed by atoms with E-state index in [1.807, 2.05) is 35.0 Å². The molecule has 0 amide bonds. The molecule has 1 aliphatic rings. The van der Waals surface area contributed by atoms with E-state index in [2.05, 4.69) is 9.82 Å². The first-order valence-electron chi connectivity index (χ1n) is 8.75. The molecule has 0 unspecified atom stereocenters. The van der Waals surface area contributed by atoms with Crippen LogP contribution in [0.15, 0.2) is 41.4 Å². The highest BCUT2D eigenvalue weighted by atomic mass is 32.2. The smallest absolute Gasteiger partial charge is 0.244 e. The summed E-state index contributed by atoms with van der Waals surface area (Å²) in [7, 11) is -2.01. The van der Waals surface area contributed by atoms with Gasteiger partial charge in [-0.1, -0.05) is 43.2 Å². The molecule has 1 heterocycles. The molecule has 0 atom stereocenters. The second-order valence-corrected chi connectivity index (χ2v) is 8.11. The summed E-state index contributed by atoms with van der Waals surface area (Å²) in [5.41, 5.74) is 1.34. The average Bonchev–Trinajstić information content (AvgIpc) is 3.29. The summed E-state index contributed by atoms with van der Waals surface area (Å²) >= 11 is 0. The molecule has 0 aliphatic heterocycles. The molecule has 136 valence electrons. The van der Waals surface area contributed by atoms with E-state index in [4.69, 9.17) is 4.74 Å². The van der Waals surface area contributed by atoms with Gasteiger partial charge in [-0.3, -0.25) is 4.68 Å². The first-order chi connectivity index (χ1) is 12.1. The molecule has 25 heavy (non-hydrogen) atoms. The van der Waals surface area contributed by atoms with Gasteiger partial charge in [0.1, 0.15) is 10.6 Å². The minimum Gasteiger partial charge on any atom is -0.385 e. The Bertz CT molecular complexity index is 781. The van der Waals surface area contributed by atoms with Crippen LogP contribution in [0.25, 0.3) is 11.3 Å². The molecule has 1 saturated carbocycles. The Morgan fingerprint density at radius 2 is 1.96 bits per heavy atom. The number of ether oxygens (including phenoxy) is 1. The third kappa shape index (κ3) is 4.29. The van der Waals surface area contributed by atoms with Crippen LogP contribution in [0.1, 0.15) is 38.1 Å². The van der Waals surface area contributed by atoms with Crippen molar-refractivity contribution in [2.24, 2.45) is 0 Å². The van der Waals surface area contributed by atoms with Gasteiger partial charge >= 0.3 is 0 Å². The lowest BCUT2D eigenvalue weighted by atomic mass is 10.2. The van der Waals surface area contributed by atoms with Gasteiger partial charge in [-0.2, -0.15) is 5.10 Å². The highest BCUT2D eigenvalue weighted by molar-refractivity contribution is 7.89. The van der Waals surface area contributed by atoms with Gasteiger partial charge in [0.25, 0.3) is 0 Å². The molecule has 3 rings (SSSR count). The molecule has 0 radical (unpaired) electrons. The van der Waals surface area contributed by atoms with Crippen LogP contribution in [0.2, 0.25) is 0 Å². The number of methoxy groups -OCH3 is 1. The first-order valence-corrected chi connectivity index (χ1v) is 10.2. The summed E-state index contributed by atoms with van der Waals surface area (Å²) in [5, 5.41) is 4.65. The lowest BCUT2D eigenvalue weighted by Crippen LogP contribution is -2.25. The van der Waals surface area contributed by atoms with Crippen LogP contribution < -0.4 is 4.72 Å². The van der Waals surface area contributed by atoms with Gasteiger partial charge < -0.3 is 4.74 Å². The lowest BCUT2D eigenvalue weighted by Gasteiger charge is -2.08. The van der Waals surface area contributed by atoms with Crippen LogP contribution in [-0.4, -0.2) is 38.5 Å². The fraction of sp³-hybridized carbons (Fsp3) is 0.500. The van der Waals surface area contributed by atoms with Crippen molar-refractivity contribution in [1.82, 2.24) is 14.5 Å². The zero-order chi connectivity index (χ0) is 17.7. The number of nitrogens with zero attached hydrogens (tertiary/aromatic N) is 2. The van der Waals surface area contributed by atoms with Crippen LogP contribution in [0.4, 0.5) is 0 Å². The van der Waals surface area contributed by atoms with Crippen molar-refractivity contribution in [3.8, 4) is 11.3 Å². The second kappa shape index (κ2) is 8.12. The summed E-state index contributed by atoms with van der Waals surface area (Å²) < 4.78 is 35.1. The zero-order valence-electron chi connectivity index (χ0n) is 14.5. The van der Waals surface area contributed by atoms with Gasteiger partial charge in [0.2, 0.25) is 10.0 Å². The molecule has 7 heteroatoms. The number of nitrogens with one attached hydrogen (secondary N) is 1. The molecule has 1 aliphatic carbocycles. The minimum absolute atomic E-state index is 0.253. The molecule has 2 aromatic rings. The Labute approximate surface area is 149 Å². The van der Waals surface area contributed by atoms with Gasteiger partial charge in [-0.05, 0) is 19.3 Å². The summed E-state index contributed by atoms with van der Waals surface area (Å²) in [6.45, 7) is 0.869. The van der Waals surface area contributed by atoms with E-state index < -0.39 is 10.0 Å². The molecular weight excluding hydrogens is 338 g/mol. The van der Waals surface area contributed by atoms with Crippen molar-refractivity contribution in [3.63, 3.8) is 0 Å². The van der Waals surface area contributed by atoms with Crippen molar-refractivity contribution in [1.29, 1.82) is 0 Å². The van der Waals surface area contributed by atoms with E-state index in [-0.39, 0.29) is 4.90 Å². The maximum atomic E-state index is 12.8. The minimum atomic E-state index is -3.62. The Hall–Kier alpha value is -1.70. The van der Waals surface area contributed by atoms with Crippen LogP contribution >= 0.6 is 0 Å². The summed E-state index contributed by atoms with van der Waals surface area (Å²) in [6, 6.07) is 9.78. The van der Waals surface area contributed by atoms with Crippen LogP contribution in [0.5, 0.6) is 0 Å². The Kier molecular flexibility index (Phi) is 5.88. The number of benzene rings is 1. The molecule has 1 fully saturated rings.